The van der Waals surface area contributed by atoms with Crippen molar-refractivity contribution in [2.24, 2.45) is 10.7 Å². The average Bonchev–Trinajstić information content (AvgIpc) is 2.65. The third-order valence-corrected chi connectivity index (χ3v) is 1.72. The molecule has 1 atom stereocenters. The van der Waals surface area contributed by atoms with Gasteiger partial charge in [0.2, 0.25) is 5.96 Å². The van der Waals surface area contributed by atoms with E-state index in [0.717, 1.165) is 5.56 Å². The van der Waals surface area contributed by atoms with Crippen LogP contribution in [0.15, 0.2) is 35.3 Å². The van der Waals surface area contributed by atoms with Crippen molar-refractivity contribution in [1.82, 2.24) is 10.9 Å². The zero-order valence-electron chi connectivity index (χ0n) is 8.20. The lowest BCUT2D eigenvalue weighted by Crippen LogP contribution is -2.35. The third-order valence-electron chi connectivity index (χ3n) is 1.72. The molecule has 0 saturated heterocycles. The molecule has 0 radical (unpaired) electrons. The summed E-state index contributed by atoms with van der Waals surface area (Å²) in [5.74, 6) is 0.434. The van der Waals surface area contributed by atoms with Gasteiger partial charge in [-0.2, -0.15) is 0 Å². The normalized spacial score (nSPS) is 17.8. The highest BCUT2D eigenvalue weighted by atomic mass is 16.9. The minimum atomic E-state index is -1.50. The Balaban J connectivity index is 0.000000280. The molecule has 0 bridgehead atoms. The summed E-state index contributed by atoms with van der Waals surface area (Å²) < 4.78 is 0. The number of rotatable bonds is 1. The Morgan fingerprint density at radius 3 is 2.44 bits per heavy atom. The smallest absolute Gasteiger partial charge is 0.291 e. The van der Waals surface area contributed by atoms with Crippen molar-refractivity contribution in [3.63, 3.8) is 0 Å². The Morgan fingerprint density at radius 2 is 2.00 bits per heavy atom. The van der Waals surface area contributed by atoms with E-state index in [0.29, 0.717) is 5.96 Å². The van der Waals surface area contributed by atoms with Crippen LogP contribution in [0, 0.1) is 10.1 Å². The number of nitrogens with two attached hydrogens (primary N) is 1. The maximum Gasteiger partial charge on any atom is 0.291 e. The molecule has 0 fully saturated rings. The van der Waals surface area contributed by atoms with Crippen LogP contribution in [-0.2, 0) is 0 Å². The average molecular weight is 225 g/mol. The fourth-order valence-corrected chi connectivity index (χ4v) is 1.14. The molecule has 1 heterocycles. The lowest BCUT2D eigenvalue weighted by atomic mass is 10.2. The molecular formula is C8H11N5O3. The second-order valence-corrected chi connectivity index (χ2v) is 2.83. The highest BCUT2D eigenvalue weighted by molar-refractivity contribution is 5.79. The molecule has 0 amide bonds. The molecule has 2 rings (SSSR count). The first kappa shape index (κ1) is 11.7. The Morgan fingerprint density at radius 1 is 1.44 bits per heavy atom. The van der Waals surface area contributed by atoms with E-state index in [1.54, 1.807) is 0 Å². The van der Waals surface area contributed by atoms with Gasteiger partial charge in [0, 0.05) is 0 Å². The van der Waals surface area contributed by atoms with Gasteiger partial charge in [-0.1, -0.05) is 30.3 Å². The van der Waals surface area contributed by atoms with Crippen molar-refractivity contribution in [1.29, 1.82) is 0 Å². The second-order valence-electron chi connectivity index (χ2n) is 2.83. The van der Waals surface area contributed by atoms with Crippen LogP contribution in [0.3, 0.4) is 0 Å². The van der Waals surface area contributed by atoms with Gasteiger partial charge < -0.3 is 10.9 Å². The van der Waals surface area contributed by atoms with Gasteiger partial charge in [0.05, 0.1) is 0 Å². The minimum Gasteiger partial charge on any atom is -0.369 e. The van der Waals surface area contributed by atoms with E-state index in [2.05, 4.69) is 15.8 Å². The topological polar surface area (TPSA) is 126 Å². The molecule has 0 saturated carbocycles. The number of hydrazine groups is 1. The number of nitrogens with zero attached hydrogens (tertiary/aromatic N) is 2. The highest BCUT2D eigenvalue weighted by Crippen LogP contribution is 2.14. The van der Waals surface area contributed by atoms with Crippen molar-refractivity contribution in [3.8, 4) is 0 Å². The van der Waals surface area contributed by atoms with Crippen molar-refractivity contribution < 1.29 is 10.3 Å². The van der Waals surface area contributed by atoms with Gasteiger partial charge in [0.15, 0.2) is 0 Å². The predicted molar refractivity (Wildman–Crippen MR) is 55.9 cm³/mol. The Kier molecular flexibility index (Phi) is 4.04. The fraction of sp³-hybridized carbons (Fsp3) is 0.125. The molecule has 8 heteroatoms. The first-order valence-corrected chi connectivity index (χ1v) is 4.32. The summed E-state index contributed by atoms with van der Waals surface area (Å²) >= 11 is 0. The Labute approximate surface area is 90.9 Å². The van der Waals surface area contributed by atoms with Crippen LogP contribution >= 0.6 is 0 Å². The molecule has 1 unspecified atom stereocenters. The van der Waals surface area contributed by atoms with Crippen LogP contribution in [0.25, 0.3) is 0 Å². The molecule has 1 aromatic rings. The van der Waals surface area contributed by atoms with Crippen molar-refractivity contribution in [3.05, 3.63) is 46.0 Å². The fourth-order valence-electron chi connectivity index (χ4n) is 1.14. The lowest BCUT2D eigenvalue weighted by Gasteiger charge is -2.05. The number of benzene rings is 1. The monoisotopic (exact) mass is 225 g/mol. The first-order chi connectivity index (χ1) is 7.59. The number of nitrogens with one attached hydrogen (secondary N) is 2. The van der Waals surface area contributed by atoms with Crippen LogP contribution in [-0.4, -0.2) is 16.3 Å². The summed E-state index contributed by atoms with van der Waals surface area (Å²) in [7, 11) is 0. The van der Waals surface area contributed by atoms with Gasteiger partial charge in [-0.05, 0) is 5.56 Å². The maximum atomic E-state index is 8.36. The van der Waals surface area contributed by atoms with E-state index in [-0.39, 0.29) is 6.17 Å². The molecule has 0 spiro atoms. The molecule has 8 nitrogen and oxygen atoms in total. The van der Waals surface area contributed by atoms with Crippen molar-refractivity contribution in [2.45, 2.75) is 6.17 Å². The Hall–Kier alpha value is -2.35. The molecule has 1 aromatic carbocycles. The van der Waals surface area contributed by atoms with Crippen molar-refractivity contribution in [2.75, 3.05) is 0 Å². The van der Waals surface area contributed by atoms with Crippen LogP contribution in [0.2, 0.25) is 0 Å². The van der Waals surface area contributed by atoms with Gasteiger partial charge in [-0.3, -0.25) is 5.43 Å². The predicted octanol–water partition coefficient (Wildman–Crippen LogP) is -0.240. The number of guanidine groups is 1. The summed E-state index contributed by atoms with van der Waals surface area (Å²) in [5.41, 5.74) is 12.2. The first-order valence-electron chi connectivity index (χ1n) is 4.32. The summed E-state index contributed by atoms with van der Waals surface area (Å²) in [6.45, 7) is 0. The lowest BCUT2D eigenvalue weighted by molar-refractivity contribution is -0.742. The van der Waals surface area contributed by atoms with E-state index in [1.807, 2.05) is 30.3 Å². The van der Waals surface area contributed by atoms with Gasteiger partial charge in [0.25, 0.3) is 5.09 Å². The number of hydrogen-bond donors (Lipinski definition) is 4. The van der Waals surface area contributed by atoms with Gasteiger partial charge in [-0.15, -0.1) is 10.1 Å². The van der Waals surface area contributed by atoms with E-state index in [4.69, 9.17) is 21.1 Å². The van der Waals surface area contributed by atoms with Crippen LogP contribution in [0.4, 0.5) is 0 Å². The van der Waals surface area contributed by atoms with Crippen LogP contribution in [0.5, 0.6) is 0 Å². The molecule has 5 N–H and O–H groups in total. The molecular weight excluding hydrogens is 214 g/mol. The SMILES string of the molecule is NC1=NC(c2ccccc2)NN1.O=[N+]([O-])O. The second kappa shape index (κ2) is 5.51. The van der Waals surface area contributed by atoms with Crippen LogP contribution in [0.1, 0.15) is 11.7 Å². The summed E-state index contributed by atoms with van der Waals surface area (Å²) in [6.07, 6.45) is -0.0498. The van der Waals surface area contributed by atoms with E-state index in [1.165, 1.54) is 0 Å². The number of aliphatic imine (C=N–C) groups is 1. The van der Waals surface area contributed by atoms with Crippen LogP contribution < -0.4 is 16.6 Å². The largest absolute Gasteiger partial charge is 0.369 e. The van der Waals surface area contributed by atoms with Gasteiger partial charge in [0.1, 0.15) is 6.17 Å². The molecule has 0 aromatic heterocycles. The molecule has 1 aliphatic heterocycles. The zero-order valence-corrected chi connectivity index (χ0v) is 8.20. The molecule has 1 aliphatic rings. The van der Waals surface area contributed by atoms with E-state index < -0.39 is 5.09 Å². The summed E-state index contributed by atoms with van der Waals surface area (Å²) in [6, 6.07) is 9.92. The minimum absolute atomic E-state index is 0.0498. The summed E-state index contributed by atoms with van der Waals surface area (Å²) in [4.78, 5) is 12.5. The molecule has 16 heavy (non-hydrogen) atoms. The van der Waals surface area contributed by atoms with Gasteiger partial charge >= 0.3 is 0 Å². The summed E-state index contributed by atoms with van der Waals surface area (Å²) in [5, 5.41) is 13.6. The molecule has 0 aliphatic carbocycles. The van der Waals surface area contributed by atoms with Gasteiger partial charge in [-0.25, -0.2) is 10.4 Å². The third kappa shape index (κ3) is 3.80. The Bertz CT molecular complexity index is 377. The standard InChI is InChI=1S/C8H10N4.HNO3/c9-8-10-7(11-12-8)6-4-2-1-3-5-6;2-1(3)4/h1-5,7,11H,(H3,9,10,12);(H,2,3,4). The maximum absolute atomic E-state index is 8.36. The highest BCUT2D eigenvalue weighted by Gasteiger charge is 2.14. The zero-order chi connectivity index (χ0) is 12.0. The van der Waals surface area contributed by atoms with E-state index in [9.17, 15) is 0 Å². The number of hydrogen-bond acceptors (Lipinski definition) is 6. The van der Waals surface area contributed by atoms with Crippen molar-refractivity contribution >= 4 is 5.96 Å². The van der Waals surface area contributed by atoms with E-state index >= 15 is 0 Å². The quantitative estimate of drug-likeness (QED) is 0.386. The molecule has 86 valence electrons.